The third-order valence-corrected chi connectivity index (χ3v) is 3.22. The first-order chi connectivity index (χ1) is 10.6. The Kier molecular flexibility index (Phi) is 6.10. The zero-order valence-electron chi connectivity index (χ0n) is 12.3. The molecule has 1 N–H and O–H groups in total. The summed E-state index contributed by atoms with van der Waals surface area (Å²) in [4.78, 5) is 11.6. The number of carbonyl (C=O) groups is 1. The number of para-hydroxylation sites is 1. The normalized spacial score (nSPS) is 10.1. The van der Waals surface area contributed by atoms with Crippen LogP contribution in [0.4, 0.5) is 0 Å². The minimum Gasteiger partial charge on any atom is -0.490 e. The highest BCUT2D eigenvalue weighted by atomic mass is 35.5. The standard InChI is InChI=1S/C17H18ClNO3/c1-13-6-8-14(9-7-13)22-12-17(20)19-10-11-21-16-5-3-2-4-15(16)18/h2-9H,10-12H2,1H3,(H,19,20). The summed E-state index contributed by atoms with van der Waals surface area (Å²) < 4.78 is 10.9. The molecular weight excluding hydrogens is 302 g/mol. The van der Waals surface area contributed by atoms with Gasteiger partial charge >= 0.3 is 0 Å². The van der Waals surface area contributed by atoms with Crippen LogP contribution < -0.4 is 14.8 Å². The molecule has 0 atom stereocenters. The third-order valence-electron chi connectivity index (χ3n) is 2.91. The van der Waals surface area contributed by atoms with Crippen LogP contribution in [-0.4, -0.2) is 25.7 Å². The monoisotopic (exact) mass is 319 g/mol. The maximum atomic E-state index is 11.6. The molecule has 2 aromatic rings. The Bertz CT molecular complexity index is 614. The second-order valence-electron chi connectivity index (χ2n) is 4.73. The number of hydrogen-bond donors (Lipinski definition) is 1. The average Bonchev–Trinajstić information content (AvgIpc) is 2.52. The molecule has 0 unspecified atom stereocenters. The van der Waals surface area contributed by atoms with Crippen LogP contribution in [0.15, 0.2) is 48.5 Å². The van der Waals surface area contributed by atoms with Gasteiger partial charge in [0.25, 0.3) is 5.91 Å². The zero-order valence-corrected chi connectivity index (χ0v) is 13.1. The quantitative estimate of drug-likeness (QED) is 0.797. The van der Waals surface area contributed by atoms with Gasteiger partial charge < -0.3 is 14.8 Å². The van der Waals surface area contributed by atoms with Crippen molar-refractivity contribution in [3.05, 3.63) is 59.1 Å². The Morgan fingerprint density at radius 3 is 2.55 bits per heavy atom. The predicted octanol–water partition coefficient (Wildman–Crippen LogP) is 3.22. The van der Waals surface area contributed by atoms with E-state index in [-0.39, 0.29) is 12.5 Å². The number of amides is 1. The first kappa shape index (κ1) is 16.2. The molecule has 0 saturated carbocycles. The Hall–Kier alpha value is -2.20. The molecular formula is C17H18ClNO3. The molecule has 22 heavy (non-hydrogen) atoms. The fourth-order valence-corrected chi connectivity index (χ4v) is 1.94. The first-order valence-electron chi connectivity index (χ1n) is 6.98. The SMILES string of the molecule is Cc1ccc(OCC(=O)NCCOc2ccccc2Cl)cc1. The van der Waals surface area contributed by atoms with Gasteiger partial charge in [0.05, 0.1) is 11.6 Å². The molecule has 1 amide bonds. The predicted molar refractivity (Wildman–Crippen MR) is 86.6 cm³/mol. The van der Waals surface area contributed by atoms with Crippen molar-refractivity contribution in [1.29, 1.82) is 0 Å². The lowest BCUT2D eigenvalue weighted by Gasteiger charge is -2.09. The van der Waals surface area contributed by atoms with E-state index in [0.717, 1.165) is 5.56 Å². The highest BCUT2D eigenvalue weighted by Crippen LogP contribution is 2.22. The van der Waals surface area contributed by atoms with E-state index in [1.165, 1.54) is 0 Å². The molecule has 0 aliphatic carbocycles. The summed E-state index contributed by atoms with van der Waals surface area (Å²) in [6.07, 6.45) is 0. The van der Waals surface area contributed by atoms with Crippen molar-refractivity contribution in [2.45, 2.75) is 6.92 Å². The molecule has 0 fully saturated rings. The number of aryl methyl sites for hydroxylation is 1. The maximum Gasteiger partial charge on any atom is 0.258 e. The van der Waals surface area contributed by atoms with Gasteiger partial charge in [-0.2, -0.15) is 0 Å². The molecule has 2 rings (SSSR count). The molecule has 0 saturated heterocycles. The minimum absolute atomic E-state index is 0.0187. The Balaban J connectivity index is 1.64. The number of rotatable bonds is 7. The molecule has 0 heterocycles. The van der Waals surface area contributed by atoms with Crippen LogP contribution in [0, 0.1) is 6.92 Å². The van der Waals surface area contributed by atoms with Crippen molar-refractivity contribution in [1.82, 2.24) is 5.32 Å². The third kappa shape index (κ3) is 5.30. The average molecular weight is 320 g/mol. The van der Waals surface area contributed by atoms with E-state index < -0.39 is 0 Å². The van der Waals surface area contributed by atoms with E-state index in [4.69, 9.17) is 21.1 Å². The fraction of sp³-hybridized carbons (Fsp3) is 0.235. The highest BCUT2D eigenvalue weighted by molar-refractivity contribution is 6.32. The van der Waals surface area contributed by atoms with Gasteiger partial charge in [-0.15, -0.1) is 0 Å². The molecule has 0 aliphatic heterocycles. The van der Waals surface area contributed by atoms with E-state index in [1.54, 1.807) is 12.1 Å². The number of halogens is 1. The molecule has 0 bridgehead atoms. The van der Waals surface area contributed by atoms with Crippen molar-refractivity contribution in [2.24, 2.45) is 0 Å². The molecule has 5 heteroatoms. The van der Waals surface area contributed by atoms with Crippen LogP contribution in [0.3, 0.4) is 0 Å². The van der Waals surface area contributed by atoms with Crippen molar-refractivity contribution in [3.8, 4) is 11.5 Å². The lowest BCUT2D eigenvalue weighted by atomic mass is 10.2. The van der Waals surface area contributed by atoms with Crippen LogP contribution in [-0.2, 0) is 4.79 Å². The second-order valence-corrected chi connectivity index (χ2v) is 5.14. The smallest absolute Gasteiger partial charge is 0.258 e. The summed E-state index contributed by atoms with van der Waals surface area (Å²) in [5.41, 5.74) is 1.15. The van der Waals surface area contributed by atoms with Crippen molar-refractivity contribution in [3.63, 3.8) is 0 Å². The van der Waals surface area contributed by atoms with Gasteiger partial charge in [-0.05, 0) is 31.2 Å². The molecule has 4 nitrogen and oxygen atoms in total. The van der Waals surface area contributed by atoms with Crippen LogP contribution in [0.25, 0.3) is 0 Å². The molecule has 0 spiro atoms. The summed E-state index contributed by atoms with van der Waals surface area (Å²) in [6, 6.07) is 14.8. The Morgan fingerprint density at radius 2 is 1.82 bits per heavy atom. The molecule has 0 aromatic heterocycles. The lowest BCUT2D eigenvalue weighted by molar-refractivity contribution is -0.123. The van der Waals surface area contributed by atoms with Gasteiger partial charge in [-0.25, -0.2) is 0 Å². The summed E-state index contributed by atoms with van der Waals surface area (Å²) in [6.45, 7) is 2.71. The Morgan fingerprint density at radius 1 is 1.09 bits per heavy atom. The van der Waals surface area contributed by atoms with Crippen molar-refractivity contribution in [2.75, 3.05) is 19.8 Å². The number of benzene rings is 2. The fourth-order valence-electron chi connectivity index (χ4n) is 1.75. The number of nitrogens with one attached hydrogen (secondary N) is 1. The number of ether oxygens (including phenoxy) is 2. The molecule has 0 radical (unpaired) electrons. The summed E-state index contributed by atoms with van der Waals surface area (Å²) >= 11 is 5.96. The topological polar surface area (TPSA) is 47.6 Å². The van der Waals surface area contributed by atoms with Gasteiger partial charge in [0, 0.05) is 0 Å². The van der Waals surface area contributed by atoms with Crippen molar-refractivity contribution < 1.29 is 14.3 Å². The van der Waals surface area contributed by atoms with E-state index >= 15 is 0 Å². The van der Waals surface area contributed by atoms with E-state index in [2.05, 4.69) is 5.32 Å². The van der Waals surface area contributed by atoms with E-state index in [0.29, 0.717) is 29.7 Å². The van der Waals surface area contributed by atoms with Gasteiger partial charge in [0.1, 0.15) is 18.1 Å². The van der Waals surface area contributed by atoms with Gasteiger partial charge in [0.15, 0.2) is 6.61 Å². The van der Waals surface area contributed by atoms with Gasteiger partial charge in [-0.1, -0.05) is 41.4 Å². The van der Waals surface area contributed by atoms with Crippen LogP contribution in [0.2, 0.25) is 5.02 Å². The van der Waals surface area contributed by atoms with Crippen molar-refractivity contribution >= 4 is 17.5 Å². The summed E-state index contributed by atoms with van der Waals surface area (Å²) in [5.74, 6) is 1.09. The number of hydrogen-bond acceptors (Lipinski definition) is 3. The largest absolute Gasteiger partial charge is 0.490 e. The Labute approximate surface area is 135 Å². The van der Waals surface area contributed by atoms with Crippen LogP contribution >= 0.6 is 11.6 Å². The highest BCUT2D eigenvalue weighted by Gasteiger charge is 2.03. The summed E-state index contributed by atoms with van der Waals surface area (Å²) in [5, 5.41) is 3.27. The van der Waals surface area contributed by atoms with Crippen LogP contribution in [0.1, 0.15) is 5.56 Å². The second kappa shape index (κ2) is 8.29. The molecule has 2 aromatic carbocycles. The first-order valence-corrected chi connectivity index (χ1v) is 7.36. The van der Waals surface area contributed by atoms with Gasteiger partial charge in [0.2, 0.25) is 0 Å². The van der Waals surface area contributed by atoms with Crippen LogP contribution in [0.5, 0.6) is 11.5 Å². The summed E-state index contributed by atoms with van der Waals surface area (Å²) in [7, 11) is 0. The van der Waals surface area contributed by atoms with Gasteiger partial charge in [-0.3, -0.25) is 4.79 Å². The minimum atomic E-state index is -0.191. The zero-order chi connectivity index (χ0) is 15.8. The number of carbonyl (C=O) groups excluding carboxylic acids is 1. The molecule has 116 valence electrons. The maximum absolute atomic E-state index is 11.6. The lowest BCUT2D eigenvalue weighted by Crippen LogP contribution is -2.32. The molecule has 0 aliphatic rings. The van der Waals surface area contributed by atoms with E-state index in [1.807, 2.05) is 43.3 Å². The van der Waals surface area contributed by atoms with E-state index in [9.17, 15) is 4.79 Å².